The van der Waals surface area contributed by atoms with Crippen molar-refractivity contribution in [2.75, 3.05) is 20.0 Å². The van der Waals surface area contributed by atoms with E-state index in [4.69, 9.17) is 38.4 Å². The molecule has 1 atom stereocenters. The van der Waals surface area contributed by atoms with Gasteiger partial charge < -0.3 is 15.2 Å². The molecule has 1 unspecified atom stereocenters. The monoisotopic (exact) mass is 327 g/mol. The van der Waals surface area contributed by atoms with Crippen molar-refractivity contribution in [2.24, 2.45) is 0 Å². The van der Waals surface area contributed by atoms with Crippen molar-refractivity contribution in [3.8, 4) is 11.8 Å². The van der Waals surface area contributed by atoms with Crippen LogP contribution in [0.2, 0.25) is 5.02 Å². The number of benzene rings is 1. The molecule has 1 aromatic heterocycles. The van der Waals surface area contributed by atoms with Crippen LogP contribution in [0.3, 0.4) is 0 Å². The van der Waals surface area contributed by atoms with Gasteiger partial charge in [-0.2, -0.15) is 9.97 Å². The Morgan fingerprint density at radius 3 is 2.38 bits per heavy atom. The fraction of sp³-hybridized carbons (Fsp3) is 0.286. The number of aromatic nitrogens is 2. The number of halogens is 2. The highest BCUT2D eigenvalue weighted by atomic mass is 35.5. The number of methoxy groups -OCH3 is 2. The maximum atomic E-state index is 6.39. The second-order valence-electron chi connectivity index (χ2n) is 4.30. The Kier molecular flexibility index (Phi) is 5.09. The van der Waals surface area contributed by atoms with E-state index in [9.17, 15) is 0 Å². The van der Waals surface area contributed by atoms with Crippen LogP contribution in [0.5, 0.6) is 11.8 Å². The Morgan fingerprint density at radius 2 is 1.81 bits per heavy atom. The second-order valence-corrected chi connectivity index (χ2v) is 5.23. The molecule has 2 aromatic rings. The molecule has 0 amide bonds. The van der Waals surface area contributed by atoms with Crippen molar-refractivity contribution < 1.29 is 9.47 Å². The molecule has 0 aliphatic rings. The largest absolute Gasteiger partial charge is 0.481 e. The summed E-state index contributed by atoms with van der Waals surface area (Å²) < 4.78 is 10.2. The first-order chi connectivity index (χ1) is 10.0. The molecule has 0 aliphatic heterocycles. The predicted octanol–water partition coefficient (Wildman–Crippen LogP) is 3.25. The van der Waals surface area contributed by atoms with Gasteiger partial charge in [-0.25, -0.2) is 0 Å². The smallest absolute Gasteiger partial charge is 0.220 e. The van der Waals surface area contributed by atoms with Crippen LogP contribution in [-0.4, -0.2) is 24.2 Å². The maximum absolute atomic E-state index is 6.39. The van der Waals surface area contributed by atoms with Gasteiger partial charge in [0.05, 0.1) is 36.4 Å². The zero-order valence-corrected chi connectivity index (χ0v) is 13.1. The molecular weight excluding hydrogens is 313 g/mol. The van der Waals surface area contributed by atoms with E-state index < -0.39 is 5.38 Å². The standard InChI is InChI=1S/C14H15Cl2N3O2/c1-20-11-7-12(21-2)19-14(18-11)10(16)6-8-4-3-5-9(15)13(8)17/h3-5,7,10H,6,17H2,1-2H3. The van der Waals surface area contributed by atoms with E-state index in [0.717, 1.165) is 5.56 Å². The minimum atomic E-state index is -0.477. The summed E-state index contributed by atoms with van der Waals surface area (Å²) in [7, 11) is 3.04. The maximum Gasteiger partial charge on any atom is 0.220 e. The van der Waals surface area contributed by atoms with Crippen LogP contribution in [0.1, 0.15) is 16.8 Å². The van der Waals surface area contributed by atoms with E-state index in [1.54, 1.807) is 12.1 Å². The van der Waals surface area contributed by atoms with Crippen molar-refractivity contribution in [3.05, 3.63) is 40.7 Å². The third kappa shape index (κ3) is 3.68. The zero-order valence-electron chi connectivity index (χ0n) is 11.6. The lowest BCUT2D eigenvalue weighted by Crippen LogP contribution is -2.06. The molecule has 2 rings (SSSR count). The molecule has 2 N–H and O–H groups in total. The van der Waals surface area contributed by atoms with Crippen LogP contribution in [-0.2, 0) is 6.42 Å². The Balaban J connectivity index is 2.27. The van der Waals surface area contributed by atoms with Gasteiger partial charge in [0.15, 0.2) is 5.82 Å². The molecule has 0 bridgehead atoms. The number of rotatable bonds is 5. The molecule has 1 aromatic carbocycles. The molecule has 5 nitrogen and oxygen atoms in total. The molecule has 112 valence electrons. The van der Waals surface area contributed by atoms with Crippen LogP contribution >= 0.6 is 23.2 Å². The van der Waals surface area contributed by atoms with Gasteiger partial charge >= 0.3 is 0 Å². The highest BCUT2D eigenvalue weighted by molar-refractivity contribution is 6.33. The zero-order chi connectivity index (χ0) is 15.4. The number of nitrogen functional groups attached to an aromatic ring is 1. The van der Waals surface area contributed by atoms with E-state index >= 15 is 0 Å². The van der Waals surface area contributed by atoms with Crippen LogP contribution in [0.4, 0.5) is 5.69 Å². The third-order valence-electron chi connectivity index (χ3n) is 2.94. The second kappa shape index (κ2) is 6.83. The van der Waals surface area contributed by atoms with Gasteiger partial charge in [-0.1, -0.05) is 23.7 Å². The summed E-state index contributed by atoms with van der Waals surface area (Å²) in [6.45, 7) is 0. The Hall–Kier alpha value is -1.72. The summed E-state index contributed by atoms with van der Waals surface area (Å²) in [4.78, 5) is 8.46. The molecule has 0 saturated heterocycles. The van der Waals surface area contributed by atoms with Gasteiger partial charge in [0.2, 0.25) is 11.8 Å². The van der Waals surface area contributed by atoms with Gasteiger partial charge in [0.1, 0.15) is 0 Å². The van der Waals surface area contributed by atoms with Crippen LogP contribution in [0, 0.1) is 0 Å². The number of ether oxygens (including phenoxy) is 2. The Morgan fingerprint density at radius 1 is 1.19 bits per heavy atom. The van der Waals surface area contributed by atoms with Crippen molar-refractivity contribution >= 4 is 28.9 Å². The van der Waals surface area contributed by atoms with Crippen LogP contribution in [0.25, 0.3) is 0 Å². The van der Waals surface area contributed by atoms with Crippen molar-refractivity contribution in [3.63, 3.8) is 0 Å². The highest BCUT2D eigenvalue weighted by Gasteiger charge is 2.17. The Bertz CT molecular complexity index is 615. The number of alkyl halides is 1. The molecule has 0 aliphatic carbocycles. The number of hydrogen-bond donors (Lipinski definition) is 1. The molecule has 0 saturated carbocycles. The lowest BCUT2D eigenvalue weighted by molar-refractivity contribution is 0.367. The lowest BCUT2D eigenvalue weighted by Gasteiger charge is -2.13. The first-order valence-corrected chi connectivity index (χ1v) is 7.00. The molecular formula is C14H15Cl2N3O2. The molecule has 7 heteroatoms. The van der Waals surface area contributed by atoms with E-state index in [0.29, 0.717) is 34.7 Å². The highest BCUT2D eigenvalue weighted by Crippen LogP contribution is 2.30. The minimum Gasteiger partial charge on any atom is -0.481 e. The topological polar surface area (TPSA) is 70.3 Å². The predicted molar refractivity (Wildman–Crippen MR) is 83.3 cm³/mol. The third-order valence-corrected chi connectivity index (χ3v) is 3.62. The normalized spacial score (nSPS) is 12.0. The van der Waals surface area contributed by atoms with E-state index in [1.165, 1.54) is 14.2 Å². The molecule has 21 heavy (non-hydrogen) atoms. The van der Waals surface area contributed by atoms with E-state index in [2.05, 4.69) is 9.97 Å². The number of nitrogens with zero attached hydrogens (tertiary/aromatic N) is 2. The van der Waals surface area contributed by atoms with Gasteiger partial charge in [-0.3, -0.25) is 0 Å². The number of anilines is 1. The first-order valence-electron chi connectivity index (χ1n) is 6.19. The summed E-state index contributed by atoms with van der Waals surface area (Å²) >= 11 is 12.4. The first kappa shape index (κ1) is 15.7. The number of hydrogen-bond acceptors (Lipinski definition) is 5. The van der Waals surface area contributed by atoms with Crippen LogP contribution < -0.4 is 15.2 Å². The summed E-state index contributed by atoms with van der Waals surface area (Å²) in [6.07, 6.45) is 0.449. The van der Waals surface area contributed by atoms with Crippen molar-refractivity contribution in [1.82, 2.24) is 9.97 Å². The minimum absolute atomic E-state index is 0.390. The van der Waals surface area contributed by atoms with Crippen molar-refractivity contribution in [2.45, 2.75) is 11.8 Å². The number of nitrogens with two attached hydrogens (primary N) is 1. The summed E-state index contributed by atoms with van der Waals surface area (Å²) in [5, 5.41) is 0.0234. The molecule has 1 heterocycles. The van der Waals surface area contributed by atoms with Gasteiger partial charge in [-0.05, 0) is 18.1 Å². The number of para-hydroxylation sites is 1. The van der Waals surface area contributed by atoms with Gasteiger partial charge in [-0.15, -0.1) is 11.6 Å². The molecule has 0 spiro atoms. The van der Waals surface area contributed by atoms with Gasteiger partial charge in [0, 0.05) is 0 Å². The SMILES string of the molecule is COc1cc(OC)nc(C(Cl)Cc2cccc(Cl)c2N)n1. The fourth-order valence-electron chi connectivity index (χ4n) is 1.81. The van der Waals surface area contributed by atoms with E-state index in [-0.39, 0.29) is 0 Å². The van der Waals surface area contributed by atoms with Crippen molar-refractivity contribution in [1.29, 1.82) is 0 Å². The summed E-state index contributed by atoms with van der Waals surface area (Å²) in [5.41, 5.74) is 7.29. The lowest BCUT2D eigenvalue weighted by atomic mass is 10.1. The molecule has 0 fully saturated rings. The molecule has 0 radical (unpaired) electrons. The van der Waals surface area contributed by atoms with E-state index in [1.807, 2.05) is 12.1 Å². The summed E-state index contributed by atoms with van der Waals surface area (Å²) in [6, 6.07) is 7.01. The quantitative estimate of drug-likeness (QED) is 0.674. The average molecular weight is 328 g/mol. The average Bonchev–Trinajstić information content (AvgIpc) is 2.51. The Labute approximate surface area is 133 Å². The van der Waals surface area contributed by atoms with Crippen LogP contribution in [0.15, 0.2) is 24.3 Å². The van der Waals surface area contributed by atoms with Gasteiger partial charge in [0.25, 0.3) is 0 Å². The summed E-state index contributed by atoms with van der Waals surface area (Å²) in [5.74, 6) is 1.19. The fourth-order valence-corrected chi connectivity index (χ4v) is 2.27.